The number of nitro groups is 1. The first-order valence-corrected chi connectivity index (χ1v) is 5.92. The predicted octanol–water partition coefficient (Wildman–Crippen LogP) is -0.150. The summed E-state index contributed by atoms with van der Waals surface area (Å²) in [6, 6.07) is 2.84. The molecule has 4 N–H and O–H groups in total. The minimum atomic E-state index is -0.467. The summed E-state index contributed by atoms with van der Waals surface area (Å²) in [5.74, 6) is 5.84. The highest BCUT2D eigenvalue weighted by Crippen LogP contribution is 2.24. The number of hydrogen-bond donors (Lipinski definition) is 3. The summed E-state index contributed by atoms with van der Waals surface area (Å²) < 4.78 is 0. The van der Waals surface area contributed by atoms with Gasteiger partial charge in [0, 0.05) is 32.2 Å². The number of hydrazine groups is 2. The van der Waals surface area contributed by atoms with E-state index in [1.807, 2.05) is 12.1 Å². The van der Waals surface area contributed by atoms with E-state index in [0.29, 0.717) is 5.82 Å². The zero-order valence-electron chi connectivity index (χ0n) is 10.7. The highest BCUT2D eigenvalue weighted by molar-refractivity contribution is 5.59. The molecule has 1 aliphatic rings. The van der Waals surface area contributed by atoms with Crippen LogP contribution in [0.5, 0.6) is 0 Å². The molecule has 1 aliphatic heterocycles. The van der Waals surface area contributed by atoms with Gasteiger partial charge in [-0.2, -0.15) is 0 Å². The summed E-state index contributed by atoms with van der Waals surface area (Å²) in [5, 5.41) is 12.9. The van der Waals surface area contributed by atoms with Gasteiger partial charge >= 0.3 is 5.69 Å². The van der Waals surface area contributed by atoms with E-state index in [0.717, 1.165) is 26.2 Å². The van der Waals surface area contributed by atoms with E-state index in [-0.39, 0.29) is 11.5 Å². The molecule has 1 aromatic rings. The van der Waals surface area contributed by atoms with E-state index >= 15 is 0 Å². The van der Waals surface area contributed by atoms with Crippen LogP contribution in [0.1, 0.15) is 0 Å². The van der Waals surface area contributed by atoms with Gasteiger partial charge in [-0.15, -0.1) is 0 Å². The first-order valence-electron chi connectivity index (χ1n) is 5.92. The number of nitrogens with zero attached hydrogens (tertiary/aromatic N) is 4. The molecule has 2 rings (SSSR count). The van der Waals surface area contributed by atoms with Gasteiger partial charge in [0.15, 0.2) is 0 Å². The molecule has 0 aromatic carbocycles. The number of aromatic nitrogens is 1. The zero-order chi connectivity index (χ0) is 13.8. The van der Waals surface area contributed by atoms with E-state index in [2.05, 4.69) is 20.7 Å². The average Bonchev–Trinajstić information content (AvgIpc) is 2.41. The number of anilines is 2. The molecular weight excluding hydrogens is 250 g/mol. The van der Waals surface area contributed by atoms with Gasteiger partial charge in [0.1, 0.15) is 5.82 Å². The first kappa shape index (κ1) is 13.5. The molecule has 0 spiro atoms. The van der Waals surface area contributed by atoms with Crippen LogP contribution in [0.25, 0.3) is 0 Å². The van der Waals surface area contributed by atoms with Crippen molar-refractivity contribution in [3.05, 3.63) is 22.2 Å². The number of nitrogen functional groups attached to an aromatic ring is 1. The van der Waals surface area contributed by atoms with Gasteiger partial charge in [0.2, 0.25) is 5.82 Å². The Bertz CT molecular complexity index is 459. The quantitative estimate of drug-likeness (QED) is 0.392. The van der Waals surface area contributed by atoms with Crippen LogP contribution < -0.4 is 16.7 Å². The Balaban J connectivity index is 2.15. The Labute approximate surface area is 110 Å². The maximum absolute atomic E-state index is 11.0. The lowest BCUT2D eigenvalue weighted by atomic mass is 10.3. The molecule has 0 amide bonds. The molecule has 19 heavy (non-hydrogen) atoms. The molecule has 0 unspecified atom stereocenters. The highest BCUT2D eigenvalue weighted by atomic mass is 16.6. The van der Waals surface area contributed by atoms with Crippen LogP contribution in [0.15, 0.2) is 12.1 Å². The van der Waals surface area contributed by atoms with Crippen molar-refractivity contribution in [2.75, 3.05) is 44.1 Å². The lowest BCUT2D eigenvalue weighted by Crippen LogP contribution is -2.47. The summed E-state index contributed by atoms with van der Waals surface area (Å²) >= 11 is 0. The van der Waals surface area contributed by atoms with Gasteiger partial charge in [0.05, 0.1) is 4.92 Å². The van der Waals surface area contributed by atoms with Crippen molar-refractivity contribution in [2.24, 2.45) is 5.84 Å². The predicted molar refractivity (Wildman–Crippen MR) is 71.4 cm³/mol. The van der Waals surface area contributed by atoms with Gasteiger partial charge in [-0.3, -0.25) is 15.5 Å². The monoisotopic (exact) mass is 267 g/mol. The van der Waals surface area contributed by atoms with Crippen molar-refractivity contribution >= 4 is 17.3 Å². The number of rotatable bonds is 4. The van der Waals surface area contributed by atoms with Crippen molar-refractivity contribution in [3.8, 4) is 0 Å². The Morgan fingerprint density at radius 1 is 1.37 bits per heavy atom. The number of likely N-dealkylation sites (N-methyl/N-ethyl adjacent to an activating group) is 1. The van der Waals surface area contributed by atoms with Crippen LogP contribution in [0.3, 0.4) is 0 Å². The molecule has 9 nitrogen and oxygen atoms in total. The summed E-state index contributed by atoms with van der Waals surface area (Å²) in [5.41, 5.74) is 5.29. The van der Waals surface area contributed by atoms with E-state index in [1.165, 1.54) is 12.1 Å². The first-order chi connectivity index (χ1) is 9.10. The molecule has 0 aliphatic carbocycles. The smallest absolute Gasteiger partial charge is 0.308 e. The summed E-state index contributed by atoms with van der Waals surface area (Å²) in [7, 11) is 2.04. The second kappa shape index (κ2) is 5.78. The molecule has 1 saturated heterocycles. The van der Waals surface area contributed by atoms with Crippen LogP contribution in [0.2, 0.25) is 0 Å². The summed E-state index contributed by atoms with van der Waals surface area (Å²) in [4.78, 5) is 16.8. The lowest BCUT2D eigenvalue weighted by Gasteiger charge is -2.32. The molecule has 0 bridgehead atoms. The maximum atomic E-state index is 11.0. The van der Waals surface area contributed by atoms with Crippen molar-refractivity contribution < 1.29 is 4.92 Å². The van der Waals surface area contributed by atoms with Crippen molar-refractivity contribution in [2.45, 2.75) is 0 Å². The number of pyridine rings is 1. The molecule has 104 valence electrons. The number of nitrogens with one attached hydrogen (secondary N) is 2. The minimum absolute atomic E-state index is 0.0714. The Morgan fingerprint density at radius 3 is 2.63 bits per heavy atom. The van der Waals surface area contributed by atoms with Crippen LogP contribution in [0, 0.1) is 10.1 Å². The van der Waals surface area contributed by atoms with E-state index in [4.69, 9.17) is 5.84 Å². The van der Waals surface area contributed by atoms with Gasteiger partial charge in [0.25, 0.3) is 0 Å². The van der Waals surface area contributed by atoms with E-state index in [1.54, 1.807) is 0 Å². The Kier molecular flexibility index (Phi) is 4.10. The second-order valence-electron chi connectivity index (χ2n) is 4.37. The molecule has 0 saturated carbocycles. The number of nitrogens with two attached hydrogens (primary N) is 1. The van der Waals surface area contributed by atoms with Gasteiger partial charge in [-0.05, 0) is 13.1 Å². The second-order valence-corrected chi connectivity index (χ2v) is 4.37. The van der Waals surface area contributed by atoms with E-state index in [9.17, 15) is 10.1 Å². The largest absolute Gasteiger partial charge is 0.312 e. The van der Waals surface area contributed by atoms with Gasteiger partial charge < -0.3 is 10.3 Å². The third-order valence-electron chi connectivity index (χ3n) is 2.99. The fourth-order valence-corrected chi connectivity index (χ4v) is 1.83. The molecule has 1 fully saturated rings. The Hall–Kier alpha value is -1.97. The van der Waals surface area contributed by atoms with Crippen molar-refractivity contribution in [1.29, 1.82) is 0 Å². The molecule has 1 aromatic heterocycles. The zero-order valence-corrected chi connectivity index (χ0v) is 10.7. The SMILES string of the molecule is CN1CCN(Nc2nc(NN)ccc2[N+](=O)[O-])CC1. The van der Waals surface area contributed by atoms with Crippen molar-refractivity contribution in [1.82, 2.24) is 14.9 Å². The normalized spacial score (nSPS) is 17.2. The van der Waals surface area contributed by atoms with Crippen LogP contribution in [-0.4, -0.2) is 53.0 Å². The average molecular weight is 267 g/mol. The van der Waals surface area contributed by atoms with Crippen molar-refractivity contribution in [3.63, 3.8) is 0 Å². The fraction of sp³-hybridized carbons (Fsp3) is 0.500. The standard InChI is InChI=1S/C10H17N7O2/c1-15-4-6-16(7-5-15)14-10-8(17(18)19)2-3-9(12-10)13-11/h2-3H,4-7,11H2,1H3,(H2,12,13,14). The minimum Gasteiger partial charge on any atom is -0.308 e. The summed E-state index contributed by atoms with van der Waals surface area (Å²) in [6.07, 6.45) is 0. The fourth-order valence-electron chi connectivity index (χ4n) is 1.83. The third-order valence-corrected chi connectivity index (χ3v) is 2.99. The maximum Gasteiger partial charge on any atom is 0.312 e. The molecular formula is C10H17N7O2. The van der Waals surface area contributed by atoms with E-state index < -0.39 is 4.92 Å². The number of piperazine rings is 1. The van der Waals surface area contributed by atoms with Gasteiger partial charge in [-0.1, -0.05) is 0 Å². The third kappa shape index (κ3) is 3.28. The molecule has 0 radical (unpaired) electrons. The highest BCUT2D eigenvalue weighted by Gasteiger charge is 2.20. The summed E-state index contributed by atoms with van der Waals surface area (Å²) in [6.45, 7) is 3.34. The van der Waals surface area contributed by atoms with Crippen LogP contribution in [-0.2, 0) is 0 Å². The molecule has 2 heterocycles. The number of hydrogen-bond acceptors (Lipinski definition) is 8. The Morgan fingerprint density at radius 2 is 2.05 bits per heavy atom. The van der Waals surface area contributed by atoms with Crippen LogP contribution >= 0.6 is 0 Å². The molecule has 9 heteroatoms. The molecule has 0 atom stereocenters. The topological polar surface area (TPSA) is 113 Å². The lowest BCUT2D eigenvalue weighted by molar-refractivity contribution is -0.384. The van der Waals surface area contributed by atoms with Crippen LogP contribution in [0.4, 0.5) is 17.3 Å². The van der Waals surface area contributed by atoms with Gasteiger partial charge in [-0.25, -0.2) is 15.8 Å².